The Labute approximate surface area is 370 Å². The van der Waals surface area contributed by atoms with Crippen molar-refractivity contribution in [2.45, 2.75) is 43.3 Å². The van der Waals surface area contributed by atoms with Crippen LogP contribution >= 0.6 is 11.8 Å². The maximum absolute atomic E-state index is 12.9. The van der Waals surface area contributed by atoms with E-state index >= 15 is 0 Å². The third-order valence-electron chi connectivity index (χ3n) is 10.7. The average molecular weight is 852 g/mol. The highest BCUT2D eigenvalue weighted by Gasteiger charge is 2.33. The lowest BCUT2D eigenvalue weighted by molar-refractivity contribution is -0.245. The van der Waals surface area contributed by atoms with Gasteiger partial charge < -0.3 is 34.4 Å². The van der Waals surface area contributed by atoms with Gasteiger partial charge in [-0.3, -0.25) is 0 Å². The number of para-hydroxylation sites is 1. The van der Waals surface area contributed by atoms with Crippen LogP contribution in [0.25, 0.3) is 33.7 Å². The molecule has 1 aliphatic rings. The molecular weight excluding hydrogens is 807 g/mol. The molecule has 1 saturated heterocycles. The van der Waals surface area contributed by atoms with Gasteiger partial charge in [-0.2, -0.15) is 0 Å². The molecule has 2 amide bonds. The summed E-state index contributed by atoms with van der Waals surface area (Å²) in [5.41, 5.74) is 9.08. The largest absolute Gasteiger partial charge is 0.457 e. The van der Waals surface area contributed by atoms with Crippen molar-refractivity contribution >= 4 is 23.5 Å². The van der Waals surface area contributed by atoms with Gasteiger partial charge in [0, 0.05) is 41.1 Å². The highest BCUT2D eigenvalue weighted by atomic mass is 32.2. The van der Waals surface area contributed by atoms with Crippen molar-refractivity contribution in [2.75, 3.05) is 11.1 Å². The van der Waals surface area contributed by atoms with E-state index in [2.05, 4.69) is 34.9 Å². The van der Waals surface area contributed by atoms with Gasteiger partial charge in [-0.1, -0.05) is 151 Å². The quantitative estimate of drug-likeness (QED) is 0.0927. The fourth-order valence-electron chi connectivity index (χ4n) is 7.44. The fraction of sp³-hybridized carbons (Fsp3) is 0.132. The topological polar surface area (TPSA) is 115 Å². The van der Waals surface area contributed by atoms with Crippen LogP contribution in [0.2, 0.25) is 0 Å². The summed E-state index contributed by atoms with van der Waals surface area (Å²) >= 11 is 1.53. The number of nitrogens with zero attached hydrogens (tertiary/aromatic N) is 1. The number of urea groups is 1. The van der Waals surface area contributed by atoms with E-state index in [-0.39, 0.29) is 24.8 Å². The van der Waals surface area contributed by atoms with Gasteiger partial charge in [-0.25, -0.2) is 9.78 Å². The summed E-state index contributed by atoms with van der Waals surface area (Å²) in [4.78, 5) is 17.9. The fourth-order valence-corrected chi connectivity index (χ4v) is 8.28. The van der Waals surface area contributed by atoms with E-state index in [9.17, 15) is 9.90 Å². The number of hydrogen-bond acceptors (Lipinski definition) is 8. The van der Waals surface area contributed by atoms with Crippen molar-refractivity contribution in [3.8, 4) is 45.2 Å². The van der Waals surface area contributed by atoms with E-state index in [1.54, 1.807) is 12.1 Å². The van der Waals surface area contributed by atoms with Crippen LogP contribution in [-0.4, -0.2) is 28.0 Å². The number of aliphatic hydroxyl groups excluding tert-OH is 1. The number of rotatable bonds is 14. The summed E-state index contributed by atoms with van der Waals surface area (Å²) in [6.45, 7) is 0.310. The maximum Gasteiger partial charge on any atom is 0.319 e. The maximum atomic E-state index is 12.9. The predicted molar refractivity (Wildman–Crippen MR) is 247 cm³/mol. The average Bonchev–Trinajstić information content (AvgIpc) is 3.79. The van der Waals surface area contributed by atoms with Gasteiger partial charge in [0.05, 0.1) is 18.8 Å². The van der Waals surface area contributed by atoms with Gasteiger partial charge in [0.25, 0.3) is 5.22 Å². The number of hydrogen-bond donors (Lipinski definition) is 3. The summed E-state index contributed by atoms with van der Waals surface area (Å²) in [5.74, 6) is 2.74. The first-order valence-corrected chi connectivity index (χ1v) is 21.8. The van der Waals surface area contributed by atoms with Crippen LogP contribution in [-0.2, 0) is 22.6 Å². The van der Waals surface area contributed by atoms with Crippen LogP contribution in [0.4, 0.5) is 10.5 Å². The molecule has 0 aliphatic carbocycles. The molecule has 63 heavy (non-hydrogen) atoms. The molecule has 0 spiro atoms. The van der Waals surface area contributed by atoms with Crippen LogP contribution in [0.5, 0.6) is 11.5 Å². The van der Waals surface area contributed by atoms with Crippen molar-refractivity contribution in [3.05, 3.63) is 210 Å². The number of carbonyl (C=O) groups excluding carboxylic acids is 1. The summed E-state index contributed by atoms with van der Waals surface area (Å²) in [7, 11) is 0. The number of thioether (sulfide) groups is 1. The van der Waals surface area contributed by atoms with Gasteiger partial charge >= 0.3 is 6.03 Å². The Balaban J connectivity index is 0.884. The second-order valence-electron chi connectivity index (χ2n) is 15.1. The van der Waals surface area contributed by atoms with Crippen LogP contribution in [0.1, 0.15) is 41.1 Å². The van der Waals surface area contributed by atoms with Gasteiger partial charge in [0.2, 0.25) is 0 Å². The normalized spacial score (nSPS) is 16.0. The smallest absolute Gasteiger partial charge is 0.319 e. The zero-order valence-electron chi connectivity index (χ0n) is 34.3. The van der Waals surface area contributed by atoms with E-state index in [1.807, 2.05) is 152 Å². The minimum atomic E-state index is -0.649. The van der Waals surface area contributed by atoms with Crippen LogP contribution in [0.3, 0.4) is 0 Å². The lowest BCUT2D eigenvalue weighted by Crippen LogP contribution is -2.31. The van der Waals surface area contributed by atoms with E-state index in [4.69, 9.17) is 23.6 Å². The highest BCUT2D eigenvalue weighted by Crippen LogP contribution is 2.42. The zero-order valence-corrected chi connectivity index (χ0v) is 35.1. The van der Waals surface area contributed by atoms with Gasteiger partial charge in [0.15, 0.2) is 12.1 Å². The molecular formula is C53H45N3O6S. The first-order valence-electron chi connectivity index (χ1n) is 20.8. The molecule has 0 radical (unpaired) electrons. The number of aliphatic hydroxyl groups is 1. The summed E-state index contributed by atoms with van der Waals surface area (Å²) in [5, 5.41) is 16.2. The molecule has 0 bridgehead atoms. The van der Waals surface area contributed by atoms with E-state index in [0.717, 1.165) is 61.7 Å². The number of nitrogens with one attached hydrogen (secondary N) is 2. The molecule has 7 aromatic carbocycles. The monoisotopic (exact) mass is 851 g/mol. The lowest BCUT2D eigenvalue weighted by atomic mass is 9.99. The molecule has 2 heterocycles. The Hall–Kier alpha value is -6.95. The number of aromatic nitrogens is 1. The second-order valence-corrected chi connectivity index (χ2v) is 16.1. The Kier molecular flexibility index (Phi) is 13.0. The Morgan fingerprint density at radius 3 is 2.03 bits per heavy atom. The van der Waals surface area contributed by atoms with E-state index < -0.39 is 6.29 Å². The molecule has 10 heteroatoms. The first-order chi connectivity index (χ1) is 31.0. The number of ether oxygens (including phenoxy) is 3. The molecule has 0 unspecified atom stereocenters. The molecule has 3 N–H and O–H groups in total. The number of carbonyl (C=O) groups is 1. The summed E-state index contributed by atoms with van der Waals surface area (Å²) in [6, 6.07) is 60.9. The molecule has 1 fully saturated rings. The standard InChI is InChI=1S/C53H45N3O6S/c57-34-36-22-24-38(25-23-36)48-32-47(35-63-53-56-49(39-13-4-1-5-14-39)50(62-53)40-15-6-2-7-16-40)60-51(61-48)43-19-11-18-42(31-43)41-17-10-12-37(30-41)33-54-52(58)55-44-26-28-46(29-27-44)59-45-20-8-3-9-21-45/h1-31,47-48,51,57H,32-35H2,(H2,54,55,58)/t47-,48+,51+/m0/s1. The van der Waals surface area contributed by atoms with Crippen molar-refractivity contribution in [2.24, 2.45) is 0 Å². The second kappa shape index (κ2) is 19.8. The number of benzene rings is 7. The first kappa shape index (κ1) is 41.4. The Bertz CT molecular complexity index is 2670. The van der Waals surface area contributed by atoms with Gasteiger partial charge in [0.1, 0.15) is 17.2 Å². The SMILES string of the molecule is O=C(NCc1cccc(-c2cccc([C@@H]3O[C@H](CSc4nc(-c5ccccc5)c(-c5ccccc5)o4)C[C@H](c4ccc(CO)cc4)O3)c2)c1)Nc1ccc(Oc2ccccc2)cc1. The number of anilines is 1. The highest BCUT2D eigenvalue weighted by molar-refractivity contribution is 7.99. The van der Waals surface area contributed by atoms with Crippen molar-refractivity contribution < 1.29 is 28.5 Å². The number of amides is 2. The zero-order chi connectivity index (χ0) is 42.8. The molecule has 0 saturated carbocycles. The molecule has 1 aromatic heterocycles. The van der Waals surface area contributed by atoms with Crippen LogP contribution in [0, 0.1) is 0 Å². The van der Waals surface area contributed by atoms with Gasteiger partial charge in [-0.15, -0.1) is 0 Å². The molecule has 3 atom stereocenters. The third kappa shape index (κ3) is 10.6. The lowest BCUT2D eigenvalue weighted by Gasteiger charge is -2.36. The van der Waals surface area contributed by atoms with Crippen molar-refractivity contribution in [3.63, 3.8) is 0 Å². The Morgan fingerprint density at radius 1 is 0.651 bits per heavy atom. The molecule has 9 rings (SSSR count). The minimum absolute atomic E-state index is 0.0272. The minimum Gasteiger partial charge on any atom is -0.457 e. The molecule has 9 nitrogen and oxygen atoms in total. The Morgan fingerprint density at radius 2 is 1.30 bits per heavy atom. The molecule has 8 aromatic rings. The molecule has 314 valence electrons. The summed E-state index contributed by atoms with van der Waals surface area (Å²) in [6.07, 6.45) is -0.483. The number of oxazole rings is 1. The van der Waals surface area contributed by atoms with E-state index in [0.29, 0.717) is 35.4 Å². The van der Waals surface area contributed by atoms with E-state index in [1.165, 1.54) is 11.8 Å². The molecule has 1 aliphatic heterocycles. The van der Waals surface area contributed by atoms with Crippen molar-refractivity contribution in [1.29, 1.82) is 0 Å². The predicted octanol–water partition coefficient (Wildman–Crippen LogP) is 12.6. The van der Waals surface area contributed by atoms with Crippen LogP contribution < -0.4 is 15.4 Å². The summed E-state index contributed by atoms with van der Waals surface area (Å²) < 4.78 is 25.8. The third-order valence-corrected chi connectivity index (χ3v) is 11.6. The van der Waals surface area contributed by atoms with Gasteiger partial charge in [-0.05, 0) is 76.3 Å². The van der Waals surface area contributed by atoms with Crippen molar-refractivity contribution in [1.82, 2.24) is 10.3 Å². The van der Waals surface area contributed by atoms with Crippen LogP contribution in [0.15, 0.2) is 198 Å².